The van der Waals surface area contributed by atoms with E-state index in [2.05, 4.69) is 39.4 Å². The second kappa shape index (κ2) is 12.1. The molecule has 0 spiro atoms. The molecule has 8 heteroatoms. The number of imide groups is 1. The molecule has 2 aromatic carbocycles. The molecule has 2 aliphatic heterocycles. The molecule has 2 saturated heterocycles. The first-order valence-corrected chi connectivity index (χ1v) is 12.4. The zero-order chi connectivity index (χ0) is 24.6. The highest BCUT2D eigenvalue weighted by atomic mass is 16.5. The molecule has 2 fully saturated rings. The molecule has 35 heavy (non-hydrogen) atoms. The van der Waals surface area contributed by atoms with E-state index >= 15 is 0 Å². The predicted molar refractivity (Wildman–Crippen MR) is 134 cm³/mol. The number of ether oxygens (including phenoxy) is 1. The summed E-state index contributed by atoms with van der Waals surface area (Å²) in [4.78, 5) is 43.4. The molecule has 2 aliphatic rings. The van der Waals surface area contributed by atoms with Gasteiger partial charge in [0.1, 0.15) is 0 Å². The molecule has 2 amide bonds. The van der Waals surface area contributed by atoms with Crippen molar-refractivity contribution in [3.8, 4) is 0 Å². The number of amides is 2. The number of carbonyl (C=O) groups excluding carboxylic acids is 3. The van der Waals surface area contributed by atoms with Gasteiger partial charge in [-0.2, -0.15) is 0 Å². The minimum atomic E-state index is -0.505. The van der Waals surface area contributed by atoms with Crippen molar-refractivity contribution >= 4 is 23.5 Å². The zero-order valence-electron chi connectivity index (χ0n) is 20.3. The smallest absolute Gasteiger partial charge is 0.338 e. The van der Waals surface area contributed by atoms with Crippen molar-refractivity contribution in [2.75, 3.05) is 50.8 Å². The fourth-order valence-electron chi connectivity index (χ4n) is 4.62. The summed E-state index contributed by atoms with van der Waals surface area (Å²) in [5.41, 5.74) is 2.22. The van der Waals surface area contributed by atoms with Gasteiger partial charge in [-0.15, -0.1) is 0 Å². The molecule has 8 nitrogen and oxygen atoms in total. The average molecular weight is 479 g/mol. The number of nitrogens with one attached hydrogen (secondary N) is 1. The topological polar surface area (TPSA) is 82.2 Å². The lowest BCUT2D eigenvalue weighted by molar-refractivity contribution is -0.121. The van der Waals surface area contributed by atoms with Gasteiger partial charge in [0.2, 0.25) is 5.91 Å². The van der Waals surface area contributed by atoms with Gasteiger partial charge in [0.05, 0.1) is 30.3 Å². The molecule has 0 bridgehead atoms. The summed E-state index contributed by atoms with van der Waals surface area (Å²) >= 11 is 0. The van der Waals surface area contributed by atoms with Crippen LogP contribution in [0.3, 0.4) is 0 Å². The molecule has 0 saturated carbocycles. The van der Waals surface area contributed by atoms with Gasteiger partial charge in [-0.1, -0.05) is 30.3 Å². The fourth-order valence-corrected chi connectivity index (χ4v) is 4.62. The van der Waals surface area contributed by atoms with E-state index in [0.717, 1.165) is 45.7 Å². The number of hydrogen-bond acceptors (Lipinski definition) is 7. The van der Waals surface area contributed by atoms with Gasteiger partial charge in [-0.05, 0) is 56.3 Å². The summed E-state index contributed by atoms with van der Waals surface area (Å²) in [5, 5.41) is 3.27. The van der Waals surface area contributed by atoms with E-state index < -0.39 is 12.0 Å². The Balaban J connectivity index is 1.17. The lowest BCUT2D eigenvalue weighted by Crippen LogP contribution is -2.46. The summed E-state index contributed by atoms with van der Waals surface area (Å²) in [6.07, 6.45) is 1.07. The second-order valence-electron chi connectivity index (χ2n) is 9.00. The van der Waals surface area contributed by atoms with Crippen LogP contribution in [-0.4, -0.2) is 79.5 Å². The number of nitrogens with zero attached hydrogens (tertiary/aromatic N) is 3. The predicted octanol–water partition coefficient (Wildman–Crippen LogP) is 2.29. The first-order chi connectivity index (χ1) is 17.0. The van der Waals surface area contributed by atoms with Gasteiger partial charge < -0.3 is 15.0 Å². The zero-order valence-corrected chi connectivity index (χ0v) is 20.3. The van der Waals surface area contributed by atoms with E-state index in [9.17, 15) is 14.4 Å². The van der Waals surface area contributed by atoms with Crippen molar-refractivity contribution < 1.29 is 19.1 Å². The first kappa shape index (κ1) is 25.0. The van der Waals surface area contributed by atoms with Crippen LogP contribution in [0.2, 0.25) is 0 Å². The quantitative estimate of drug-likeness (QED) is 0.319. The minimum Gasteiger partial charge on any atom is -0.462 e. The van der Waals surface area contributed by atoms with Crippen LogP contribution in [0.5, 0.6) is 0 Å². The molecule has 2 aromatic rings. The highest BCUT2D eigenvalue weighted by Crippen LogP contribution is 2.23. The molecule has 0 radical (unpaired) electrons. The monoisotopic (exact) mass is 478 g/mol. The van der Waals surface area contributed by atoms with Crippen molar-refractivity contribution in [3.05, 3.63) is 65.7 Å². The molecule has 2 heterocycles. The summed E-state index contributed by atoms with van der Waals surface area (Å²) in [7, 11) is 0. The van der Waals surface area contributed by atoms with Gasteiger partial charge >= 0.3 is 5.97 Å². The van der Waals surface area contributed by atoms with Gasteiger partial charge in [0, 0.05) is 32.7 Å². The number of rotatable bonds is 10. The largest absolute Gasteiger partial charge is 0.462 e. The first-order valence-electron chi connectivity index (χ1n) is 12.4. The normalized spacial score (nSPS) is 19.3. The lowest BCUT2D eigenvalue weighted by atomic mass is 10.2. The van der Waals surface area contributed by atoms with Gasteiger partial charge in [-0.25, -0.2) is 9.69 Å². The van der Waals surface area contributed by atoms with Crippen LogP contribution in [0.25, 0.3) is 0 Å². The molecule has 0 aromatic heterocycles. The Morgan fingerprint density at radius 2 is 1.66 bits per heavy atom. The number of carbonyl (C=O) groups is 3. The maximum atomic E-state index is 12.9. The molecule has 186 valence electrons. The van der Waals surface area contributed by atoms with Crippen molar-refractivity contribution in [1.29, 1.82) is 0 Å². The van der Waals surface area contributed by atoms with Gasteiger partial charge in [0.15, 0.2) is 0 Å². The third-order valence-electron chi connectivity index (χ3n) is 6.54. The Bertz CT molecular complexity index is 1000. The Morgan fingerprint density at radius 3 is 2.34 bits per heavy atom. The van der Waals surface area contributed by atoms with Crippen LogP contribution in [0.1, 0.15) is 35.7 Å². The SMILES string of the molecule is CCOC(=O)c1ccc(N2C(=O)C[C@H](NCCCN3CCN(Cc4ccccc4)CC3)C2=O)cc1. The maximum Gasteiger partial charge on any atom is 0.338 e. The molecule has 1 atom stereocenters. The summed E-state index contributed by atoms with van der Waals surface area (Å²) in [6, 6.07) is 16.4. The third-order valence-corrected chi connectivity index (χ3v) is 6.54. The van der Waals surface area contributed by atoms with Crippen molar-refractivity contribution in [2.24, 2.45) is 0 Å². The number of anilines is 1. The Hall–Kier alpha value is -3.07. The minimum absolute atomic E-state index is 0.149. The molecule has 0 aliphatic carbocycles. The van der Waals surface area contributed by atoms with Crippen LogP contribution in [0, 0.1) is 0 Å². The second-order valence-corrected chi connectivity index (χ2v) is 9.00. The van der Waals surface area contributed by atoms with Gasteiger partial charge in [-0.3, -0.25) is 14.5 Å². The van der Waals surface area contributed by atoms with E-state index in [1.165, 1.54) is 10.5 Å². The van der Waals surface area contributed by atoms with E-state index in [4.69, 9.17) is 4.74 Å². The molecule has 4 rings (SSSR count). The van der Waals surface area contributed by atoms with E-state index in [-0.39, 0.29) is 18.2 Å². The highest BCUT2D eigenvalue weighted by Gasteiger charge is 2.39. The highest BCUT2D eigenvalue weighted by molar-refractivity contribution is 6.22. The van der Waals surface area contributed by atoms with Crippen molar-refractivity contribution in [2.45, 2.75) is 32.4 Å². The Labute approximate surface area is 206 Å². The third kappa shape index (κ3) is 6.54. The Kier molecular flexibility index (Phi) is 8.63. The fraction of sp³-hybridized carbons (Fsp3) is 0.444. The van der Waals surface area contributed by atoms with E-state index in [0.29, 0.717) is 24.4 Å². The van der Waals surface area contributed by atoms with E-state index in [1.54, 1.807) is 31.2 Å². The summed E-state index contributed by atoms with van der Waals surface area (Å²) in [5.74, 6) is -0.894. The van der Waals surface area contributed by atoms with Crippen LogP contribution < -0.4 is 10.2 Å². The van der Waals surface area contributed by atoms with Crippen LogP contribution >= 0.6 is 0 Å². The van der Waals surface area contributed by atoms with Gasteiger partial charge in [0.25, 0.3) is 5.91 Å². The van der Waals surface area contributed by atoms with E-state index in [1.807, 2.05) is 6.07 Å². The standard InChI is InChI=1S/C27H34N4O4/c1-2-35-27(34)22-9-11-23(12-10-22)31-25(32)19-24(26(31)33)28-13-6-14-29-15-17-30(18-16-29)20-21-7-4-3-5-8-21/h3-5,7-12,24,28H,2,6,13-20H2,1H3/t24-/m0/s1. The van der Waals surface area contributed by atoms with Crippen LogP contribution in [0.4, 0.5) is 5.69 Å². The maximum absolute atomic E-state index is 12.9. The average Bonchev–Trinajstić information content (AvgIpc) is 3.16. The number of benzene rings is 2. The van der Waals surface area contributed by atoms with Crippen LogP contribution in [-0.2, 0) is 20.9 Å². The number of esters is 1. The number of piperazine rings is 1. The lowest BCUT2D eigenvalue weighted by Gasteiger charge is -2.34. The van der Waals surface area contributed by atoms with Crippen molar-refractivity contribution in [3.63, 3.8) is 0 Å². The Morgan fingerprint density at radius 1 is 0.971 bits per heavy atom. The van der Waals surface area contributed by atoms with Crippen LogP contribution in [0.15, 0.2) is 54.6 Å². The van der Waals surface area contributed by atoms with Crippen molar-refractivity contribution in [1.82, 2.24) is 15.1 Å². The molecule has 1 N–H and O–H groups in total. The summed E-state index contributed by atoms with van der Waals surface area (Å²) in [6.45, 7) is 8.89. The number of hydrogen-bond donors (Lipinski definition) is 1. The summed E-state index contributed by atoms with van der Waals surface area (Å²) < 4.78 is 4.98. The molecule has 0 unspecified atom stereocenters. The molecular weight excluding hydrogens is 444 g/mol. The molecular formula is C27H34N4O4.